The number of hydrogen-bond acceptors (Lipinski definition) is 5. The van der Waals surface area contributed by atoms with Crippen molar-refractivity contribution in [2.45, 2.75) is 27.7 Å². The van der Waals surface area contributed by atoms with E-state index in [1.165, 1.54) is 0 Å². The third-order valence-corrected chi connectivity index (χ3v) is 4.09. The Balaban J connectivity index is 1.80. The van der Waals surface area contributed by atoms with Crippen LogP contribution in [0.15, 0.2) is 48.5 Å². The molecule has 0 fully saturated rings. The van der Waals surface area contributed by atoms with E-state index in [-0.39, 0.29) is 18.4 Å². The van der Waals surface area contributed by atoms with Gasteiger partial charge in [-0.1, -0.05) is 26.8 Å². The highest BCUT2D eigenvalue weighted by Crippen LogP contribution is 2.20. The van der Waals surface area contributed by atoms with Gasteiger partial charge in [0.15, 0.2) is 0 Å². The molecular formula is C23H31N3O4. The van der Waals surface area contributed by atoms with Crippen LogP contribution in [-0.4, -0.2) is 38.2 Å². The van der Waals surface area contributed by atoms with E-state index in [4.69, 9.17) is 9.47 Å². The van der Waals surface area contributed by atoms with Gasteiger partial charge >= 0.3 is 0 Å². The Morgan fingerprint density at radius 3 is 2.27 bits per heavy atom. The molecular weight excluding hydrogens is 382 g/mol. The zero-order chi connectivity index (χ0) is 22.0. The number of hydrogen-bond donors (Lipinski definition) is 3. The molecule has 0 aliphatic rings. The van der Waals surface area contributed by atoms with Crippen molar-refractivity contribution in [3.8, 4) is 5.75 Å². The molecule has 0 heterocycles. The van der Waals surface area contributed by atoms with E-state index in [0.717, 1.165) is 11.4 Å². The lowest BCUT2D eigenvalue weighted by atomic mass is 9.95. The Morgan fingerprint density at radius 1 is 0.900 bits per heavy atom. The van der Waals surface area contributed by atoms with Crippen LogP contribution in [0.25, 0.3) is 0 Å². The fourth-order valence-electron chi connectivity index (χ4n) is 2.41. The predicted octanol–water partition coefficient (Wildman–Crippen LogP) is 4.14. The monoisotopic (exact) mass is 413 g/mol. The normalized spacial score (nSPS) is 10.9. The summed E-state index contributed by atoms with van der Waals surface area (Å²) < 4.78 is 10.8. The smallest absolute Gasteiger partial charge is 0.243 e. The fourth-order valence-corrected chi connectivity index (χ4v) is 2.41. The lowest BCUT2D eigenvalue weighted by molar-refractivity contribution is -0.123. The lowest BCUT2D eigenvalue weighted by Gasteiger charge is -2.18. The first kappa shape index (κ1) is 23.2. The highest BCUT2D eigenvalue weighted by atomic mass is 16.5. The van der Waals surface area contributed by atoms with Gasteiger partial charge in [0.1, 0.15) is 12.4 Å². The molecule has 0 aromatic heterocycles. The minimum Gasteiger partial charge on any atom is -0.491 e. The molecule has 0 saturated carbocycles. The summed E-state index contributed by atoms with van der Waals surface area (Å²) >= 11 is 0. The van der Waals surface area contributed by atoms with Crippen LogP contribution in [0, 0.1) is 5.41 Å². The molecule has 0 saturated heterocycles. The number of ether oxygens (including phenoxy) is 2. The van der Waals surface area contributed by atoms with Gasteiger partial charge < -0.3 is 25.4 Å². The molecule has 2 aromatic rings. The van der Waals surface area contributed by atoms with Gasteiger partial charge in [-0.2, -0.15) is 0 Å². The molecule has 0 radical (unpaired) electrons. The summed E-state index contributed by atoms with van der Waals surface area (Å²) in [7, 11) is 0. The number of amides is 2. The Morgan fingerprint density at radius 2 is 1.60 bits per heavy atom. The van der Waals surface area contributed by atoms with Crippen LogP contribution < -0.4 is 20.7 Å². The van der Waals surface area contributed by atoms with E-state index in [0.29, 0.717) is 31.2 Å². The van der Waals surface area contributed by atoms with Gasteiger partial charge in [-0.3, -0.25) is 9.59 Å². The molecule has 0 atom stereocenters. The van der Waals surface area contributed by atoms with Crippen LogP contribution >= 0.6 is 0 Å². The van der Waals surface area contributed by atoms with Crippen molar-refractivity contribution in [3.63, 3.8) is 0 Å². The Hall–Kier alpha value is -3.06. The highest BCUT2D eigenvalue weighted by molar-refractivity contribution is 5.95. The topological polar surface area (TPSA) is 88.7 Å². The van der Waals surface area contributed by atoms with Crippen molar-refractivity contribution in [2.24, 2.45) is 5.41 Å². The van der Waals surface area contributed by atoms with E-state index < -0.39 is 5.41 Å². The molecule has 2 amide bonds. The minimum atomic E-state index is -0.479. The number of nitrogens with one attached hydrogen (secondary N) is 3. The number of rotatable bonds is 10. The molecule has 3 N–H and O–H groups in total. The van der Waals surface area contributed by atoms with Crippen molar-refractivity contribution < 1.29 is 19.1 Å². The van der Waals surface area contributed by atoms with Gasteiger partial charge in [0.05, 0.1) is 13.2 Å². The average Bonchev–Trinajstić information content (AvgIpc) is 2.70. The summed E-state index contributed by atoms with van der Waals surface area (Å²) in [6, 6.07) is 14.5. The van der Waals surface area contributed by atoms with E-state index in [2.05, 4.69) is 16.0 Å². The molecule has 0 unspecified atom stereocenters. The van der Waals surface area contributed by atoms with Gasteiger partial charge in [0, 0.05) is 29.1 Å². The van der Waals surface area contributed by atoms with E-state index in [1.54, 1.807) is 30.3 Å². The molecule has 0 aliphatic heterocycles. The van der Waals surface area contributed by atoms with Crippen molar-refractivity contribution in [3.05, 3.63) is 48.5 Å². The molecule has 7 nitrogen and oxygen atoms in total. The predicted molar refractivity (Wildman–Crippen MR) is 120 cm³/mol. The summed E-state index contributed by atoms with van der Waals surface area (Å²) in [6.45, 7) is 9.30. The van der Waals surface area contributed by atoms with Gasteiger partial charge in [-0.05, 0) is 49.4 Å². The number of carbonyl (C=O) groups is 2. The summed E-state index contributed by atoms with van der Waals surface area (Å²) in [5.41, 5.74) is 1.63. The van der Waals surface area contributed by atoms with Crippen LogP contribution in [0.4, 0.5) is 17.1 Å². The number of anilines is 3. The maximum atomic E-state index is 12.2. The second kappa shape index (κ2) is 11.2. The standard InChI is InChI=1S/C23H31N3O4/c1-5-29-13-14-30-20-11-9-17(10-12-20)25-21(27)16-24-18-7-6-8-19(15-18)26-22(28)23(2,3)4/h6-12,15,24H,5,13-14,16H2,1-4H3,(H,25,27)(H,26,28). The molecule has 162 valence electrons. The molecule has 2 aromatic carbocycles. The van der Waals surface area contributed by atoms with E-state index in [1.807, 2.05) is 45.9 Å². The lowest BCUT2D eigenvalue weighted by Crippen LogP contribution is -2.27. The Kier molecular flexibility index (Phi) is 8.68. The van der Waals surface area contributed by atoms with Gasteiger partial charge in [0.2, 0.25) is 11.8 Å². The van der Waals surface area contributed by atoms with Crippen LogP contribution in [0.1, 0.15) is 27.7 Å². The maximum absolute atomic E-state index is 12.2. The van der Waals surface area contributed by atoms with E-state index in [9.17, 15) is 9.59 Å². The first-order chi connectivity index (χ1) is 14.3. The van der Waals surface area contributed by atoms with Crippen molar-refractivity contribution >= 4 is 28.9 Å². The van der Waals surface area contributed by atoms with E-state index >= 15 is 0 Å². The first-order valence-corrected chi connectivity index (χ1v) is 10.0. The van der Waals surface area contributed by atoms with Crippen molar-refractivity contribution in [1.29, 1.82) is 0 Å². The fraction of sp³-hybridized carbons (Fsp3) is 0.391. The number of benzene rings is 2. The van der Waals surface area contributed by atoms with Crippen molar-refractivity contribution in [1.82, 2.24) is 0 Å². The second-order valence-corrected chi connectivity index (χ2v) is 7.76. The summed E-state index contributed by atoms with van der Waals surface area (Å²) in [4.78, 5) is 24.3. The van der Waals surface area contributed by atoms with Crippen LogP contribution in [0.2, 0.25) is 0 Å². The summed E-state index contributed by atoms with van der Waals surface area (Å²) in [5.74, 6) is 0.479. The SMILES string of the molecule is CCOCCOc1ccc(NC(=O)CNc2cccc(NC(=O)C(C)(C)C)c2)cc1. The van der Waals surface area contributed by atoms with Crippen LogP contribution in [0.5, 0.6) is 5.75 Å². The first-order valence-electron chi connectivity index (χ1n) is 10.0. The molecule has 0 aliphatic carbocycles. The number of carbonyl (C=O) groups excluding carboxylic acids is 2. The molecule has 7 heteroatoms. The van der Waals surface area contributed by atoms with Gasteiger partial charge in [0.25, 0.3) is 0 Å². The molecule has 30 heavy (non-hydrogen) atoms. The average molecular weight is 414 g/mol. The molecule has 2 rings (SSSR count). The van der Waals surface area contributed by atoms with Gasteiger partial charge in [-0.25, -0.2) is 0 Å². The van der Waals surface area contributed by atoms with Crippen molar-refractivity contribution in [2.75, 3.05) is 42.3 Å². The quantitative estimate of drug-likeness (QED) is 0.510. The third-order valence-electron chi connectivity index (χ3n) is 4.09. The van der Waals surface area contributed by atoms with Crippen LogP contribution in [-0.2, 0) is 14.3 Å². The Labute approximate surface area is 178 Å². The molecule has 0 spiro atoms. The highest BCUT2D eigenvalue weighted by Gasteiger charge is 2.21. The molecule has 0 bridgehead atoms. The zero-order valence-corrected chi connectivity index (χ0v) is 18.1. The largest absolute Gasteiger partial charge is 0.491 e. The second-order valence-electron chi connectivity index (χ2n) is 7.76. The zero-order valence-electron chi connectivity index (χ0n) is 18.1. The van der Waals surface area contributed by atoms with Gasteiger partial charge in [-0.15, -0.1) is 0 Å². The maximum Gasteiger partial charge on any atom is 0.243 e. The minimum absolute atomic E-state index is 0.0669. The Bertz CT molecular complexity index is 829. The third kappa shape index (κ3) is 8.13. The summed E-state index contributed by atoms with van der Waals surface area (Å²) in [5, 5.41) is 8.77. The van der Waals surface area contributed by atoms with Crippen LogP contribution in [0.3, 0.4) is 0 Å². The summed E-state index contributed by atoms with van der Waals surface area (Å²) in [6.07, 6.45) is 0.